The Balaban J connectivity index is 0.00000169. The topological polar surface area (TPSA) is 43.4 Å². The molecule has 0 aliphatic rings. The SMILES string of the molecule is CC(C)OS(=O)(=O)c1ccccc1.[Na+]. The molecule has 0 aliphatic heterocycles. The van der Waals surface area contributed by atoms with E-state index in [1.165, 1.54) is 12.1 Å². The van der Waals surface area contributed by atoms with Gasteiger partial charge < -0.3 is 0 Å². The van der Waals surface area contributed by atoms with Crippen LogP contribution in [0.15, 0.2) is 35.2 Å². The van der Waals surface area contributed by atoms with Crippen molar-refractivity contribution in [3.8, 4) is 0 Å². The third-order valence-electron chi connectivity index (χ3n) is 1.35. The Kier molecular flexibility index (Phi) is 5.93. The summed E-state index contributed by atoms with van der Waals surface area (Å²) < 4.78 is 27.6. The van der Waals surface area contributed by atoms with Gasteiger partial charge in [0, 0.05) is 0 Å². The van der Waals surface area contributed by atoms with Gasteiger partial charge in [-0.25, -0.2) is 0 Å². The number of hydrogen-bond acceptors (Lipinski definition) is 3. The molecule has 0 atom stereocenters. The van der Waals surface area contributed by atoms with Crippen LogP contribution >= 0.6 is 0 Å². The van der Waals surface area contributed by atoms with Crippen molar-refractivity contribution in [1.82, 2.24) is 0 Å². The van der Waals surface area contributed by atoms with Crippen molar-refractivity contribution in [2.24, 2.45) is 0 Å². The zero-order chi connectivity index (χ0) is 9.90. The summed E-state index contributed by atoms with van der Waals surface area (Å²) in [4.78, 5) is 0.198. The van der Waals surface area contributed by atoms with E-state index >= 15 is 0 Å². The molecule has 0 spiro atoms. The molecule has 0 saturated carbocycles. The van der Waals surface area contributed by atoms with Gasteiger partial charge in [-0.15, -0.1) is 0 Å². The van der Waals surface area contributed by atoms with Gasteiger partial charge >= 0.3 is 29.6 Å². The van der Waals surface area contributed by atoms with Gasteiger partial charge in [-0.05, 0) is 26.0 Å². The predicted molar refractivity (Wildman–Crippen MR) is 49.8 cm³/mol. The Labute approximate surface area is 107 Å². The fourth-order valence-electron chi connectivity index (χ4n) is 0.896. The van der Waals surface area contributed by atoms with E-state index in [1.807, 2.05) is 0 Å². The fraction of sp³-hybridized carbons (Fsp3) is 0.333. The molecule has 0 saturated heterocycles. The second-order valence-corrected chi connectivity index (χ2v) is 4.48. The van der Waals surface area contributed by atoms with E-state index in [-0.39, 0.29) is 40.6 Å². The van der Waals surface area contributed by atoms with E-state index in [0.29, 0.717) is 0 Å². The van der Waals surface area contributed by atoms with Gasteiger partial charge in [-0.3, -0.25) is 4.18 Å². The minimum atomic E-state index is -3.56. The van der Waals surface area contributed by atoms with Gasteiger partial charge in [0.2, 0.25) is 0 Å². The molecule has 1 rings (SSSR count). The molecular weight excluding hydrogens is 211 g/mol. The predicted octanol–water partition coefficient (Wildman–Crippen LogP) is -1.20. The normalized spacial score (nSPS) is 11.1. The molecule has 0 amide bonds. The van der Waals surface area contributed by atoms with Crippen LogP contribution in [0.25, 0.3) is 0 Å². The van der Waals surface area contributed by atoms with Crippen molar-refractivity contribution in [1.29, 1.82) is 0 Å². The van der Waals surface area contributed by atoms with E-state index in [2.05, 4.69) is 0 Å². The Morgan fingerprint density at radius 2 is 1.64 bits per heavy atom. The summed E-state index contributed by atoms with van der Waals surface area (Å²) >= 11 is 0. The molecule has 0 heterocycles. The van der Waals surface area contributed by atoms with Crippen LogP contribution in [0, 0.1) is 0 Å². The molecule has 1 aromatic carbocycles. The van der Waals surface area contributed by atoms with Crippen LogP contribution in [0.2, 0.25) is 0 Å². The number of hydrogen-bond donors (Lipinski definition) is 0. The fourth-order valence-corrected chi connectivity index (χ4v) is 2.00. The van der Waals surface area contributed by atoms with Crippen molar-refractivity contribution in [2.45, 2.75) is 24.8 Å². The first-order chi connectivity index (χ1) is 6.02. The van der Waals surface area contributed by atoms with Gasteiger partial charge in [0.25, 0.3) is 10.1 Å². The Morgan fingerprint density at radius 3 is 2.07 bits per heavy atom. The van der Waals surface area contributed by atoms with Crippen LogP contribution in [0.5, 0.6) is 0 Å². The summed E-state index contributed by atoms with van der Waals surface area (Å²) in [6.45, 7) is 3.36. The minimum Gasteiger partial charge on any atom is -0.264 e. The Morgan fingerprint density at radius 1 is 1.14 bits per heavy atom. The van der Waals surface area contributed by atoms with Crippen molar-refractivity contribution in [3.63, 3.8) is 0 Å². The Bertz CT molecular complexity index is 359. The summed E-state index contributed by atoms with van der Waals surface area (Å²) in [5.41, 5.74) is 0. The van der Waals surface area contributed by atoms with Gasteiger partial charge in [-0.1, -0.05) is 18.2 Å². The average Bonchev–Trinajstić information content (AvgIpc) is 2.04. The molecule has 5 heteroatoms. The van der Waals surface area contributed by atoms with E-state index in [0.717, 1.165) is 0 Å². The summed E-state index contributed by atoms with van der Waals surface area (Å²) in [7, 11) is -3.56. The molecule has 0 aromatic heterocycles. The maximum absolute atomic E-state index is 11.4. The van der Waals surface area contributed by atoms with E-state index in [1.54, 1.807) is 32.0 Å². The molecule has 0 radical (unpaired) electrons. The second-order valence-electron chi connectivity index (χ2n) is 2.91. The third-order valence-corrected chi connectivity index (χ3v) is 2.84. The molecule has 72 valence electrons. The van der Waals surface area contributed by atoms with E-state index in [9.17, 15) is 8.42 Å². The molecule has 0 fully saturated rings. The summed E-state index contributed by atoms with van der Waals surface area (Å²) in [5, 5.41) is 0. The standard InChI is InChI=1S/C9H12O3S.Na/c1-8(2)12-13(10,11)9-6-4-3-5-7-9;/h3-8H,1-2H3;/q;+1. The second kappa shape index (κ2) is 5.88. The maximum Gasteiger partial charge on any atom is 1.00 e. The first-order valence-corrected chi connectivity index (χ1v) is 5.41. The first kappa shape index (κ1) is 14.1. The molecule has 0 aliphatic carbocycles. The number of rotatable bonds is 3. The van der Waals surface area contributed by atoms with Gasteiger partial charge in [-0.2, -0.15) is 8.42 Å². The van der Waals surface area contributed by atoms with Gasteiger partial charge in [0.1, 0.15) is 0 Å². The molecule has 0 N–H and O–H groups in total. The monoisotopic (exact) mass is 223 g/mol. The first-order valence-electron chi connectivity index (χ1n) is 4.01. The van der Waals surface area contributed by atoms with Gasteiger partial charge in [0.05, 0.1) is 11.0 Å². The van der Waals surface area contributed by atoms with Crippen LogP contribution in [0.4, 0.5) is 0 Å². The van der Waals surface area contributed by atoms with Crippen LogP contribution in [0.3, 0.4) is 0 Å². The van der Waals surface area contributed by atoms with Crippen LogP contribution < -0.4 is 29.6 Å². The zero-order valence-electron chi connectivity index (χ0n) is 8.60. The van der Waals surface area contributed by atoms with Gasteiger partial charge in [0.15, 0.2) is 0 Å². The molecular formula is C9H12NaO3S+. The summed E-state index contributed by atoms with van der Waals surface area (Å²) in [6, 6.07) is 8.11. The van der Waals surface area contributed by atoms with E-state index < -0.39 is 10.1 Å². The molecule has 0 unspecified atom stereocenters. The van der Waals surface area contributed by atoms with Crippen LogP contribution in [0.1, 0.15) is 13.8 Å². The summed E-state index contributed by atoms with van der Waals surface area (Å²) in [5.74, 6) is 0. The van der Waals surface area contributed by atoms with Crippen LogP contribution in [-0.2, 0) is 14.3 Å². The minimum absolute atomic E-state index is 0. The largest absolute Gasteiger partial charge is 1.00 e. The quantitative estimate of drug-likeness (QED) is 0.478. The molecule has 3 nitrogen and oxygen atoms in total. The average molecular weight is 223 g/mol. The number of benzene rings is 1. The van der Waals surface area contributed by atoms with Crippen LogP contribution in [-0.4, -0.2) is 14.5 Å². The molecule has 0 bridgehead atoms. The summed E-state index contributed by atoms with van der Waals surface area (Å²) in [6.07, 6.45) is -0.329. The Hall–Kier alpha value is 0.130. The molecule has 1 aromatic rings. The molecule has 14 heavy (non-hydrogen) atoms. The zero-order valence-corrected chi connectivity index (χ0v) is 11.4. The van der Waals surface area contributed by atoms with Crippen molar-refractivity contribution >= 4 is 10.1 Å². The van der Waals surface area contributed by atoms with Crippen molar-refractivity contribution in [3.05, 3.63) is 30.3 Å². The van der Waals surface area contributed by atoms with Crippen molar-refractivity contribution < 1.29 is 42.2 Å². The third kappa shape index (κ3) is 4.11. The smallest absolute Gasteiger partial charge is 0.264 e. The maximum atomic E-state index is 11.4. The van der Waals surface area contributed by atoms with Crippen molar-refractivity contribution in [2.75, 3.05) is 0 Å². The van der Waals surface area contributed by atoms with E-state index in [4.69, 9.17) is 4.18 Å².